The van der Waals surface area contributed by atoms with Gasteiger partial charge in [-0.25, -0.2) is 13.6 Å². The first-order chi connectivity index (χ1) is 8.59. The largest absolute Gasteiger partial charge is 0.492 e. The molecule has 0 aliphatic heterocycles. The Labute approximate surface area is 120 Å². The van der Waals surface area contributed by atoms with Crippen LogP contribution < -0.4 is 9.88 Å². The van der Waals surface area contributed by atoms with Crippen molar-refractivity contribution in [3.05, 3.63) is 29.3 Å². The quantitative estimate of drug-likeness (QED) is 0.909. The van der Waals surface area contributed by atoms with E-state index in [1.165, 1.54) is 0 Å². The number of benzene rings is 1. The van der Waals surface area contributed by atoms with Gasteiger partial charge in [-0.1, -0.05) is 44.5 Å². The molecule has 1 rings (SSSR count). The van der Waals surface area contributed by atoms with E-state index in [1.807, 2.05) is 26.8 Å². The maximum Gasteiger partial charge on any atom is 0.209 e. The van der Waals surface area contributed by atoms with Gasteiger partial charge in [-0.3, -0.25) is 0 Å². The fraction of sp³-hybridized carbons (Fsp3) is 0.538. The molecule has 2 N–H and O–H groups in total. The minimum atomic E-state index is -3.53. The fourth-order valence-corrected chi connectivity index (χ4v) is 2.93. The van der Waals surface area contributed by atoms with Gasteiger partial charge in [0.25, 0.3) is 0 Å². The van der Waals surface area contributed by atoms with E-state index in [0.29, 0.717) is 10.8 Å². The molecule has 0 aliphatic rings. The van der Waals surface area contributed by atoms with Gasteiger partial charge in [0.15, 0.2) is 0 Å². The third-order valence-corrected chi connectivity index (χ3v) is 4.11. The summed E-state index contributed by atoms with van der Waals surface area (Å²) in [5.41, 5.74) is -0.228. The molecule has 0 heterocycles. The summed E-state index contributed by atoms with van der Waals surface area (Å²) in [5.74, 6) is 0.229. The predicted octanol–water partition coefficient (Wildman–Crippen LogP) is 2.67. The van der Waals surface area contributed by atoms with E-state index in [2.05, 4.69) is 0 Å². The van der Waals surface area contributed by atoms with Gasteiger partial charge in [-0.05, 0) is 17.5 Å². The molecule has 6 heteroatoms. The standard InChI is InChI=1S/C13H20ClNO3S/c1-13(2,3)10(9-19(15,16)17)8-18-12-7-5-4-6-11(12)14/h4-7,10H,8-9H2,1-3H3,(H2,15,16,17). The first-order valence-electron chi connectivity index (χ1n) is 5.97. The number of para-hydroxylation sites is 1. The van der Waals surface area contributed by atoms with E-state index >= 15 is 0 Å². The highest BCUT2D eigenvalue weighted by Crippen LogP contribution is 2.29. The highest BCUT2D eigenvalue weighted by atomic mass is 35.5. The Hall–Kier alpha value is -0.780. The van der Waals surface area contributed by atoms with Gasteiger partial charge in [-0.15, -0.1) is 0 Å². The average molecular weight is 306 g/mol. The van der Waals surface area contributed by atoms with Crippen LogP contribution in [0.3, 0.4) is 0 Å². The van der Waals surface area contributed by atoms with Gasteiger partial charge in [0, 0.05) is 5.92 Å². The lowest BCUT2D eigenvalue weighted by atomic mass is 9.82. The molecule has 4 nitrogen and oxygen atoms in total. The molecule has 0 aliphatic carbocycles. The van der Waals surface area contributed by atoms with Crippen molar-refractivity contribution in [3.63, 3.8) is 0 Å². The van der Waals surface area contributed by atoms with E-state index in [1.54, 1.807) is 18.2 Å². The second kappa shape index (κ2) is 6.11. The van der Waals surface area contributed by atoms with Crippen LogP contribution in [0.1, 0.15) is 20.8 Å². The molecule has 0 spiro atoms. The molecular weight excluding hydrogens is 286 g/mol. The van der Waals surface area contributed by atoms with Crippen LogP contribution in [-0.4, -0.2) is 20.8 Å². The van der Waals surface area contributed by atoms with E-state index in [9.17, 15) is 8.42 Å². The van der Waals surface area contributed by atoms with Gasteiger partial charge in [0.05, 0.1) is 17.4 Å². The minimum Gasteiger partial charge on any atom is -0.492 e. The summed E-state index contributed by atoms with van der Waals surface area (Å²) in [6.45, 7) is 6.13. The lowest BCUT2D eigenvalue weighted by Gasteiger charge is -2.29. The number of rotatable bonds is 5. The summed E-state index contributed by atoms with van der Waals surface area (Å²) in [5, 5.41) is 5.63. The van der Waals surface area contributed by atoms with Gasteiger partial charge in [0.1, 0.15) is 5.75 Å². The number of sulfonamides is 1. The van der Waals surface area contributed by atoms with Crippen molar-refractivity contribution in [2.75, 3.05) is 12.4 Å². The fourth-order valence-electron chi connectivity index (χ4n) is 1.58. The maximum atomic E-state index is 11.3. The number of ether oxygens (including phenoxy) is 1. The smallest absolute Gasteiger partial charge is 0.209 e. The second-order valence-electron chi connectivity index (χ2n) is 5.63. The first kappa shape index (κ1) is 16.3. The SMILES string of the molecule is CC(C)(C)C(COc1ccccc1Cl)CS(N)(=O)=O. The van der Waals surface area contributed by atoms with Crippen molar-refractivity contribution >= 4 is 21.6 Å². The molecule has 0 radical (unpaired) electrons. The van der Waals surface area contributed by atoms with Crippen LogP contribution >= 0.6 is 11.6 Å². The van der Waals surface area contributed by atoms with Crippen LogP contribution in [0.25, 0.3) is 0 Å². The van der Waals surface area contributed by atoms with Gasteiger partial charge >= 0.3 is 0 Å². The zero-order valence-electron chi connectivity index (χ0n) is 11.4. The topological polar surface area (TPSA) is 69.4 Å². The number of hydrogen-bond acceptors (Lipinski definition) is 3. The van der Waals surface area contributed by atoms with Crippen LogP contribution in [0.4, 0.5) is 0 Å². The third-order valence-electron chi connectivity index (χ3n) is 2.93. The molecule has 1 atom stereocenters. The van der Waals surface area contributed by atoms with E-state index < -0.39 is 10.0 Å². The van der Waals surface area contributed by atoms with Crippen molar-refractivity contribution in [1.82, 2.24) is 0 Å². The summed E-state index contributed by atoms with van der Waals surface area (Å²) < 4.78 is 28.1. The molecule has 0 aromatic heterocycles. The van der Waals surface area contributed by atoms with Gasteiger partial charge < -0.3 is 4.74 Å². The number of nitrogens with two attached hydrogens (primary N) is 1. The van der Waals surface area contributed by atoms with Crippen molar-refractivity contribution in [3.8, 4) is 5.75 Å². The molecule has 0 fully saturated rings. The zero-order valence-corrected chi connectivity index (χ0v) is 13.0. The van der Waals surface area contributed by atoms with Crippen LogP contribution in [-0.2, 0) is 10.0 Å². The molecule has 108 valence electrons. The first-order valence-corrected chi connectivity index (χ1v) is 8.07. The molecule has 0 saturated heterocycles. The van der Waals surface area contributed by atoms with Crippen LogP contribution in [0.5, 0.6) is 5.75 Å². The van der Waals surface area contributed by atoms with Crippen LogP contribution in [0, 0.1) is 11.3 Å². The van der Waals surface area contributed by atoms with Crippen molar-refractivity contribution in [2.45, 2.75) is 20.8 Å². The molecule has 1 aromatic carbocycles. The molecule has 1 aromatic rings. The summed E-state index contributed by atoms with van der Waals surface area (Å²) in [7, 11) is -3.53. The lowest BCUT2D eigenvalue weighted by molar-refractivity contribution is 0.163. The molecule has 19 heavy (non-hydrogen) atoms. The van der Waals surface area contributed by atoms with E-state index in [4.69, 9.17) is 21.5 Å². The predicted molar refractivity (Wildman–Crippen MR) is 77.9 cm³/mol. The number of primary sulfonamides is 1. The Morgan fingerprint density at radius 1 is 1.32 bits per heavy atom. The van der Waals surface area contributed by atoms with E-state index in [0.717, 1.165) is 0 Å². The number of halogens is 1. The highest BCUT2D eigenvalue weighted by molar-refractivity contribution is 7.89. The molecule has 1 unspecified atom stereocenters. The maximum absolute atomic E-state index is 11.3. The second-order valence-corrected chi connectivity index (χ2v) is 7.70. The van der Waals surface area contributed by atoms with Crippen molar-refractivity contribution in [2.24, 2.45) is 16.5 Å². The van der Waals surface area contributed by atoms with Crippen molar-refractivity contribution < 1.29 is 13.2 Å². The Bertz CT molecular complexity index is 523. The molecule has 0 saturated carbocycles. The van der Waals surface area contributed by atoms with Crippen LogP contribution in [0.2, 0.25) is 5.02 Å². The van der Waals surface area contributed by atoms with Crippen molar-refractivity contribution in [1.29, 1.82) is 0 Å². The highest BCUT2D eigenvalue weighted by Gasteiger charge is 2.29. The summed E-state index contributed by atoms with van der Waals surface area (Å²) in [6.07, 6.45) is 0. The summed E-state index contributed by atoms with van der Waals surface area (Å²) in [6, 6.07) is 7.09. The third kappa shape index (κ3) is 5.80. The zero-order chi connectivity index (χ0) is 14.7. The van der Waals surface area contributed by atoms with E-state index in [-0.39, 0.29) is 23.7 Å². The Kier molecular flexibility index (Phi) is 5.24. The lowest BCUT2D eigenvalue weighted by Crippen LogP contribution is -2.35. The van der Waals surface area contributed by atoms with Crippen LogP contribution in [0.15, 0.2) is 24.3 Å². The normalized spacial score (nSPS) is 14.2. The molecule has 0 amide bonds. The Balaban J connectivity index is 2.77. The average Bonchev–Trinajstić information content (AvgIpc) is 2.23. The van der Waals surface area contributed by atoms with Gasteiger partial charge in [0.2, 0.25) is 10.0 Å². The monoisotopic (exact) mass is 305 g/mol. The Morgan fingerprint density at radius 3 is 2.37 bits per heavy atom. The molecule has 0 bridgehead atoms. The minimum absolute atomic E-state index is 0.110. The summed E-state index contributed by atoms with van der Waals surface area (Å²) >= 11 is 5.99. The van der Waals surface area contributed by atoms with Gasteiger partial charge in [-0.2, -0.15) is 0 Å². The summed E-state index contributed by atoms with van der Waals surface area (Å²) in [4.78, 5) is 0. The molecular formula is C13H20ClNO3S. The number of hydrogen-bond donors (Lipinski definition) is 1. The Morgan fingerprint density at radius 2 is 1.89 bits per heavy atom.